The summed E-state index contributed by atoms with van der Waals surface area (Å²) in [4.78, 5) is 11.2. The summed E-state index contributed by atoms with van der Waals surface area (Å²) in [6, 6.07) is 10.2. The van der Waals surface area contributed by atoms with Crippen LogP contribution in [0.3, 0.4) is 0 Å². The number of halogens is 4. The van der Waals surface area contributed by atoms with Crippen LogP contribution in [0.5, 0.6) is 0 Å². The summed E-state index contributed by atoms with van der Waals surface area (Å²) in [6.45, 7) is 1.97. The Morgan fingerprint density at radius 1 is 1.19 bits per heavy atom. The molecule has 0 radical (unpaired) electrons. The smallest absolute Gasteiger partial charge is 0.416 e. The first-order valence-electron chi connectivity index (χ1n) is 7.82. The standard InChI is InChI=1S/C19H15ClF3NO2/c1-11-15(9-18(25)26)16-8-14(20)5-6-17(16)24(11)10-12-3-2-4-13(7-12)19(21,22)23/h2-8H,9-10H2,1H3,(H,25,26). The molecule has 1 N–H and O–H groups in total. The van der Waals surface area contributed by atoms with Gasteiger partial charge in [0.25, 0.3) is 0 Å². The minimum Gasteiger partial charge on any atom is -0.481 e. The Hall–Kier alpha value is -2.47. The minimum atomic E-state index is -4.41. The average molecular weight is 382 g/mol. The molecule has 2 aromatic carbocycles. The second-order valence-corrected chi connectivity index (χ2v) is 6.52. The molecule has 3 nitrogen and oxygen atoms in total. The molecule has 3 aromatic rings. The molecule has 3 rings (SSSR count). The Kier molecular flexibility index (Phi) is 4.71. The van der Waals surface area contributed by atoms with Crippen molar-refractivity contribution in [3.05, 3.63) is 69.9 Å². The van der Waals surface area contributed by atoms with Crippen LogP contribution in [0.2, 0.25) is 5.02 Å². The van der Waals surface area contributed by atoms with Crippen molar-refractivity contribution in [1.29, 1.82) is 0 Å². The first-order valence-corrected chi connectivity index (χ1v) is 8.20. The molecule has 1 heterocycles. The predicted molar refractivity (Wildman–Crippen MR) is 93.6 cm³/mol. The zero-order chi connectivity index (χ0) is 19.1. The van der Waals surface area contributed by atoms with Crippen molar-refractivity contribution in [1.82, 2.24) is 4.57 Å². The van der Waals surface area contributed by atoms with Crippen LogP contribution >= 0.6 is 11.6 Å². The summed E-state index contributed by atoms with van der Waals surface area (Å²) in [7, 11) is 0. The average Bonchev–Trinajstić information content (AvgIpc) is 2.79. The van der Waals surface area contributed by atoms with Gasteiger partial charge in [-0.05, 0) is 48.4 Å². The maximum atomic E-state index is 12.9. The first-order chi connectivity index (χ1) is 12.2. The van der Waals surface area contributed by atoms with Gasteiger partial charge in [0.15, 0.2) is 0 Å². The zero-order valence-electron chi connectivity index (χ0n) is 13.8. The lowest BCUT2D eigenvalue weighted by Crippen LogP contribution is -2.08. The highest BCUT2D eigenvalue weighted by atomic mass is 35.5. The second-order valence-electron chi connectivity index (χ2n) is 6.08. The van der Waals surface area contributed by atoms with Crippen LogP contribution in [0.1, 0.15) is 22.4 Å². The fourth-order valence-corrected chi connectivity index (χ4v) is 3.30. The van der Waals surface area contributed by atoms with Crippen molar-refractivity contribution in [2.45, 2.75) is 26.1 Å². The lowest BCUT2D eigenvalue weighted by Gasteiger charge is -2.12. The zero-order valence-corrected chi connectivity index (χ0v) is 14.5. The SMILES string of the molecule is Cc1c(CC(=O)O)c2cc(Cl)ccc2n1Cc1cccc(C(F)(F)F)c1. The summed E-state index contributed by atoms with van der Waals surface area (Å²) < 4.78 is 40.7. The maximum Gasteiger partial charge on any atom is 0.416 e. The third-order valence-corrected chi connectivity index (χ3v) is 4.57. The van der Waals surface area contributed by atoms with E-state index >= 15 is 0 Å². The van der Waals surface area contributed by atoms with Crippen LogP contribution in [0.4, 0.5) is 13.2 Å². The molecule has 0 unspecified atom stereocenters. The third kappa shape index (κ3) is 3.55. The molecule has 0 fully saturated rings. The number of carboxylic acid groups (broad SMARTS) is 1. The van der Waals surface area contributed by atoms with Gasteiger partial charge in [0, 0.05) is 28.2 Å². The van der Waals surface area contributed by atoms with E-state index in [2.05, 4.69) is 0 Å². The van der Waals surface area contributed by atoms with E-state index < -0.39 is 17.7 Å². The third-order valence-electron chi connectivity index (χ3n) is 4.34. The van der Waals surface area contributed by atoms with Crippen molar-refractivity contribution in [3.8, 4) is 0 Å². The van der Waals surface area contributed by atoms with Gasteiger partial charge in [-0.1, -0.05) is 23.7 Å². The Morgan fingerprint density at radius 2 is 1.92 bits per heavy atom. The van der Waals surface area contributed by atoms with E-state index in [4.69, 9.17) is 11.6 Å². The summed E-state index contributed by atoms with van der Waals surface area (Å²) in [5.41, 5.74) is 1.82. The number of aliphatic carboxylic acids is 1. The Morgan fingerprint density at radius 3 is 2.58 bits per heavy atom. The number of aromatic nitrogens is 1. The van der Waals surface area contributed by atoms with Crippen LogP contribution in [0.25, 0.3) is 10.9 Å². The number of alkyl halides is 3. The van der Waals surface area contributed by atoms with Crippen molar-refractivity contribution in [2.75, 3.05) is 0 Å². The van der Waals surface area contributed by atoms with Crippen LogP contribution in [-0.4, -0.2) is 15.6 Å². The van der Waals surface area contributed by atoms with Gasteiger partial charge >= 0.3 is 12.1 Å². The molecule has 0 saturated heterocycles. The van der Waals surface area contributed by atoms with E-state index in [1.54, 1.807) is 31.2 Å². The van der Waals surface area contributed by atoms with Crippen LogP contribution in [-0.2, 0) is 23.9 Å². The Balaban J connectivity index is 2.11. The molecule has 0 spiro atoms. The lowest BCUT2D eigenvalue weighted by molar-refractivity contribution is -0.138. The van der Waals surface area contributed by atoms with Crippen LogP contribution in [0.15, 0.2) is 42.5 Å². The first kappa shape index (κ1) is 18.3. The monoisotopic (exact) mass is 381 g/mol. The van der Waals surface area contributed by atoms with E-state index in [0.29, 0.717) is 27.2 Å². The van der Waals surface area contributed by atoms with Crippen molar-refractivity contribution < 1.29 is 23.1 Å². The number of carboxylic acids is 1. The van der Waals surface area contributed by atoms with E-state index in [9.17, 15) is 23.1 Å². The van der Waals surface area contributed by atoms with E-state index in [1.165, 1.54) is 6.07 Å². The quantitative estimate of drug-likeness (QED) is 0.666. The predicted octanol–water partition coefficient (Wildman–Crippen LogP) is 5.30. The van der Waals surface area contributed by atoms with Gasteiger partial charge in [0.05, 0.1) is 12.0 Å². The molecule has 0 bridgehead atoms. The molecule has 0 aliphatic carbocycles. The van der Waals surface area contributed by atoms with Gasteiger partial charge in [0.1, 0.15) is 0 Å². The van der Waals surface area contributed by atoms with E-state index in [1.807, 2.05) is 4.57 Å². The fourth-order valence-electron chi connectivity index (χ4n) is 3.13. The number of nitrogens with zero attached hydrogens (tertiary/aromatic N) is 1. The molecular weight excluding hydrogens is 367 g/mol. The van der Waals surface area contributed by atoms with Gasteiger partial charge in [0.2, 0.25) is 0 Å². The maximum absolute atomic E-state index is 12.9. The van der Waals surface area contributed by atoms with Gasteiger partial charge in [-0.15, -0.1) is 0 Å². The molecule has 0 aliphatic heterocycles. The Labute approximate surface area is 152 Å². The number of fused-ring (bicyclic) bond motifs is 1. The van der Waals surface area contributed by atoms with E-state index in [0.717, 1.165) is 17.6 Å². The summed E-state index contributed by atoms with van der Waals surface area (Å²) in [5, 5.41) is 10.3. The summed E-state index contributed by atoms with van der Waals surface area (Å²) in [6.07, 6.45) is -4.59. The summed E-state index contributed by atoms with van der Waals surface area (Å²) >= 11 is 6.04. The molecule has 26 heavy (non-hydrogen) atoms. The highest BCUT2D eigenvalue weighted by Gasteiger charge is 2.30. The normalized spacial score (nSPS) is 11.9. The number of carbonyl (C=O) groups is 1. The van der Waals surface area contributed by atoms with Crippen molar-refractivity contribution in [2.24, 2.45) is 0 Å². The largest absolute Gasteiger partial charge is 0.481 e. The Bertz CT molecular complexity index is 992. The molecule has 0 saturated carbocycles. The second kappa shape index (κ2) is 6.68. The lowest BCUT2D eigenvalue weighted by atomic mass is 10.1. The molecule has 0 aliphatic rings. The summed E-state index contributed by atoms with van der Waals surface area (Å²) in [5.74, 6) is -0.980. The van der Waals surface area contributed by atoms with Gasteiger partial charge in [-0.3, -0.25) is 4.79 Å². The highest BCUT2D eigenvalue weighted by molar-refractivity contribution is 6.31. The van der Waals surface area contributed by atoms with Gasteiger partial charge < -0.3 is 9.67 Å². The molecule has 1 aromatic heterocycles. The molecule has 0 atom stereocenters. The van der Waals surface area contributed by atoms with Gasteiger partial charge in [-0.2, -0.15) is 13.2 Å². The molecule has 7 heteroatoms. The number of hydrogen-bond donors (Lipinski definition) is 1. The van der Waals surface area contributed by atoms with Crippen LogP contribution in [0, 0.1) is 6.92 Å². The molecular formula is C19H15ClF3NO2. The minimum absolute atomic E-state index is 0.182. The number of benzene rings is 2. The number of rotatable bonds is 4. The van der Waals surface area contributed by atoms with Crippen LogP contribution < -0.4 is 0 Å². The van der Waals surface area contributed by atoms with E-state index in [-0.39, 0.29) is 13.0 Å². The molecule has 0 amide bonds. The fraction of sp³-hybridized carbons (Fsp3) is 0.211. The van der Waals surface area contributed by atoms with Crippen molar-refractivity contribution >= 4 is 28.5 Å². The van der Waals surface area contributed by atoms with Crippen molar-refractivity contribution in [3.63, 3.8) is 0 Å². The topological polar surface area (TPSA) is 42.2 Å². The molecule has 136 valence electrons. The van der Waals surface area contributed by atoms with Gasteiger partial charge in [-0.25, -0.2) is 0 Å². The highest BCUT2D eigenvalue weighted by Crippen LogP contribution is 2.32. The number of hydrogen-bond acceptors (Lipinski definition) is 1.